The number of hydrogen-bond acceptors (Lipinski definition) is 3. The highest BCUT2D eigenvalue weighted by molar-refractivity contribution is 7.91. The molecule has 1 fully saturated rings. The summed E-state index contributed by atoms with van der Waals surface area (Å²) in [6.07, 6.45) is 0.493. The molecule has 0 amide bonds. The second-order valence-electron chi connectivity index (χ2n) is 5.78. The number of sulfone groups is 1. The van der Waals surface area contributed by atoms with E-state index in [1.165, 1.54) is 4.68 Å². The minimum absolute atomic E-state index is 0.0391. The van der Waals surface area contributed by atoms with Crippen LogP contribution in [0.1, 0.15) is 44.4 Å². The van der Waals surface area contributed by atoms with Gasteiger partial charge in [-0.1, -0.05) is 13.8 Å². The molecule has 5 nitrogen and oxygen atoms in total. The fourth-order valence-electron chi connectivity index (χ4n) is 2.79. The second-order valence-corrected chi connectivity index (χ2v) is 7.97. The Balaban J connectivity index is 2.54. The lowest BCUT2D eigenvalue weighted by molar-refractivity contribution is 0.318. The fourth-order valence-corrected chi connectivity index (χ4v) is 4.91. The molecule has 0 spiro atoms. The average Bonchev–Trinajstić information content (AvgIpc) is 2.65. The molecule has 102 valence electrons. The Morgan fingerprint density at radius 3 is 2.39 bits per heavy atom. The van der Waals surface area contributed by atoms with Gasteiger partial charge >= 0.3 is 0 Å². The van der Waals surface area contributed by atoms with Crippen molar-refractivity contribution in [2.24, 2.45) is 0 Å². The van der Waals surface area contributed by atoms with Crippen LogP contribution in [-0.4, -0.2) is 29.7 Å². The van der Waals surface area contributed by atoms with Crippen molar-refractivity contribution >= 4 is 9.84 Å². The highest BCUT2D eigenvalue weighted by Crippen LogP contribution is 2.29. The molecule has 1 aliphatic heterocycles. The quantitative estimate of drug-likeness (QED) is 0.877. The van der Waals surface area contributed by atoms with Crippen molar-refractivity contribution in [3.05, 3.63) is 21.6 Å². The summed E-state index contributed by atoms with van der Waals surface area (Å²) < 4.78 is 24.8. The van der Waals surface area contributed by atoms with Crippen molar-refractivity contribution in [1.29, 1.82) is 0 Å². The van der Waals surface area contributed by atoms with Crippen LogP contribution in [0.3, 0.4) is 0 Å². The van der Waals surface area contributed by atoms with Crippen LogP contribution in [0.4, 0.5) is 0 Å². The monoisotopic (exact) mass is 272 g/mol. The number of aromatic nitrogens is 2. The number of aromatic amines is 1. The molecule has 0 bridgehead atoms. The Labute approximate surface area is 107 Å². The van der Waals surface area contributed by atoms with Gasteiger partial charge in [0.15, 0.2) is 9.84 Å². The predicted octanol–water partition coefficient (Wildman–Crippen LogP) is 1.14. The molecule has 1 atom stereocenters. The fraction of sp³-hybridized carbons (Fsp3) is 0.750. The zero-order valence-corrected chi connectivity index (χ0v) is 12.1. The molecular formula is C12H20N2O3S. The van der Waals surface area contributed by atoms with Crippen LogP contribution in [-0.2, 0) is 15.4 Å². The van der Waals surface area contributed by atoms with Gasteiger partial charge in [0.05, 0.1) is 17.0 Å². The van der Waals surface area contributed by atoms with Gasteiger partial charge in [-0.25, -0.2) is 13.1 Å². The van der Waals surface area contributed by atoms with E-state index in [0.717, 1.165) is 11.3 Å². The zero-order chi connectivity index (χ0) is 13.7. The summed E-state index contributed by atoms with van der Waals surface area (Å²) >= 11 is 0. The Bertz CT molecular complexity index is 624. The third-order valence-electron chi connectivity index (χ3n) is 3.72. The lowest BCUT2D eigenvalue weighted by Gasteiger charge is -2.22. The summed E-state index contributed by atoms with van der Waals surface area (Å²) in [6, 6.07) is 0. The van der Waals surface area contributed by atoms with Crippen LogP contribution in [0.15, 0.2) is 4.79 Å². The number of hydrogen-bond donors (Lipinski definition) is 1. The Kier molecular flexibility index (Phi) is 2.96. The SMILES string of the molecule is Cc1[nH]n(C2(C)CCS(=O)(=O)C2)c(=O)c1C(C)C. The van der Waals surface area contributed by atoms with E-state index in [0.29, 0.717) is 6.42 Å². The minimum Gasteiger partial charge on any atom is -0.299 e. The molecule has 0 radical (unpaired) electrons. The van der Waals surface area contributed by atoms with Crippen molar-refractivity contribution in [1.82, 2.24) is 9.78 Å². The van der Waals surface area contributed by atoms with Gasteiger partial charge in [0, 0.05) is 11.3 Å². The van der Waals surface area contributed by atoms with E-state index in [1.807, 2.05) is 27.7 Å². The first kappa shape index (κ1) is 13.4. The van der Waals surface area contributed by atoms with Crippen LogP contribution in [0, 0.1) is 6.92 Å². The van der Waals surface area contributed by atoms with Crippen molar-refractivity contribution in [2.45, 2.75) is 45.6 Å². The maximum absolute atomic E-state index is 12.4. The number of aryl methyl sites for hydroxylation is 1. The van der Waals surface area contributed by atoms with E-state index < -0.39 is 15.4 Å². The van der Waals surface area contributed by atoms with Gasteiger partial charge < -0.3 is 0 Å². The lowest BCUT2D eigenvalue weighted by Crippen LogP contribution is -2.39. The number of H-pyrrole nitrogens is 1. The van der Waals surface area contributed by atoms with E-state index in [4.69, 9.17) is 0 Å². The molecule has 1 aliphatic rings. The Hall–Kier alpha value is -1.04. The minimum atomic E-state index is -3.02. The van der Waals surface area contributed by atoms with E-state index in [2.05, 4.69) is 5.10 Å². The Morgan fingerprint density at radius 1 is 1.39 bits per heavy atom. The maximum Gasteiger partial charge on any atom is 0.270 e. The molecule has 1 aromatic rings. The average molecular weight is 272 g/mol. The number of rotatable bonds is 2. The molecule has 6 heteroatoms. The third kappa shape index (κ3) is 2.02. The molecule has 1 N–H and O–H groups in total. The predicted molar refractivity (Wildman–Crippen MR) is 70.8 cm³/mol. The van der Waals surface area contributed by atoms with Crippen molar-refractivity contribution in [3.8, 4) is 0 Å². The summed E-state index contributed by atoms with van der Waals surface area (Å²) in [5.41, 5.74) is 0.872. The van der Waals surface area contributed by atoms with Gasteiger partial charge in [-0.3, -0.25) is 9.89 Å². The number of nitrogens with one attached hydrogen (secondary N) is 1. The molecule has 0 aliphatic carbocycles. The topological polar surface area (TPSA) is 71.9 Å². The molecule has 1 unspecified atom stereocenters. The molecule has 1 saturated heterocycles. The van der Waals surface area contributed by atoms with Crippen LogP contribution < -0.4 is 5.56 Å². The smallest absolute Gasteiger partial charge is 0.270 e. The molecular weight excluding hydrogens is 252 g/mol. The van der Waals surface area contributed by atoms with Crippen LogP contribution >= 0.6 is 0 Å². The van der Waals surface area contributed by atoms with Gasteiger partial charge in [0.2, 0.25) is 0 Å². The van der Waals surface area contributed by atoms with E-state index in [9.17, 15) is 13.2 Å². The van der Waals surface area contributed by atoms with Gasteiger partial charge in [-0.2, -0.15) is 0 Å². The van der Waals surface area contributed by atoms with Crippen LogP contribution in [0.5, 0.6) is 0 Å². The van der Waals surface area contributed by atoms with Crippen molar-refractivity contribution in [3.63, 3.8) is 0 Å². The largest absolute Gasteiger partial charge is 0.299 e. The zero-order valence-electron chi connectivity index (χ0n) is 11.3. The van der Waals surface area contributed by atoms with Gasteiger partial charge in [0.1, 0.15) is 0 Å². The molecule has 2 heterocycles. The summed E-state index contributed by atoms with van der Waals surface area (Å²) in [7, 11) is -3.02. The van der Waals surface area contributed by atoms with Gasteiger partial charge in [-0.15, -0.1) is 0 Å². The van der Waals surface area contributed by atoms with E-state index in [-0.39, 0.29) is 23.0 Å². The highest BCUT2D eigenvalue weighted by Gasteiger charge is 2.42. The molecule has 0 saturated carbocycles. The van der Waals surface area contributed by atoms with E-state index >= 15 is 0 Å². The summed E-state index contributed by atoms with van der Waals surface area (Å²) in [4.78, 5) is 12.4. The molecule has 1 aromatic heterocycles. The molecule has 0 aromatic carbocycles. The summed E-state index contributed by atoms with van der Waals surface area (Å²) in [5, 5.41) is 3.05. The highest BCUT2D eigenvalue weighted by atomic mass is 32.2. The van der Waals surface area contributed by atoms with Crippen LogP contribution in [0.25, 0.3) is 0 Å². The lowest BCUT2D eigenvalue weighted by atomic mass is 10.0. The first-order valence-electron chi connectivity index (χ1n) is 6.19. The van der Waals surface area contributed by atoms with Crippen LogP contribution in [0.2, 0.25) is 0 Å². The Morgan fingerprint density at radius 2 is 2.00 bits per heavy atom. The first-order valence-corrected chi connectivity index (χ1v) is 8.01. The third-order valence-corrected chi connectivity index (χ3v) is 5.60. The number of nitrogens with zero attached hydrogens (tertiary/aromatic N) is 1. The van der Waals surface area contributed by atoms with Gasteiger partial charge in [0.25, 0.3) is 5.56 Å². The normalized spacial score (nSPS) is 26.9. The van der Waals surface area contributed by atoms with Crippen molar-refractivity contribution < 1.29 is 8.42 Å². The summed E-state index contributed by atoms with van der Waals surface area (Å²) in [5.74, 6) is 0.333. The molecule has 2 rings (SSSR count). The second kappa shape index (κ2) is 3.98. The first-order chi connectivity index (χ1) is 8.16. The van der Waals surface area contributed by atoms with E-state index in [1.54, 1.807) is 0 Å². The molecule has 18 heavy (non-hydrogen) atoms. The maximum atomic E-state index is 12.4. The van der Waals surface area contributed by atoms with Crippen molar-refractivity contribution in [2.75, 3.05) is 11.5 Å². The summed E-state index contributed by atoms with van der Waals surface area (Å²) in [6.45, 7) is 7.63. The standard InChI is InChI=1S/C12H20N2O3S/c1-8(2)10-9(3)13-14(11(10)15)12(4)5-6-18(16,17)7-12/h8,13H,5-7H2,1-4H3. The van der Waals surface area contributed by atoms with Gasteiger partial charge in [-0.05, 0) is 26.2 Å².